The lowest BCUT2D eigenvalue weighted by Gasteiger charge is -2.11. The van der Waals surface area contributed by atoms with E-state index in [9.17, 15) is 13.2 Å². The van der Waals surface area contributed by atoms with Gasteiger partial charge in [-0.2, -0.15) is 0 Å². The molecular weight excluding hydrogens is 350 g/mol. The molecule has 2 N–H and O–H groups in total. The van der Waals surface area contributed by atoms with Crippen LogP contribution in [0, 0.1) is 6.92 Å². The summed E-state index contributed by atoms with van der Waals surface area (Å²) in [7, 11) is -3.71. The number of pyridine rings is 1. The van der Waals surface area contributed by atoms with Gasteiger partial charge in [-0.15, -0.1) is 0 Å². The second kappa shape index (κ2) is 7.37. The Morgan fingerprint density at radius 3 is 2.27 bits per heavy atom. The first-order chi connectivity index (χ1) is 12.5. The zero-order chi connectivity index (χ0) is 18.6. The van der Waals surface area contributed by atoms with E-state index in [0.717, 1.165) is 5.56 Å². The topological polar surface area (TPSA) is 88.2 Å². The average molecular weight is 367 g/mol. The van der Waals surface area contributed by atoms with Crippen LogP contribution >= 0.6 is 0 Å². The fraction of sp³-hybridized carbons (Fsp3) is 0.0526. The number of rotatable bonds is 5. The van der Waals surface area contributed by atoms with E-state index in [0.29, 0.717) is 11.4 Å². The van der Waals surface area contributed by atoms with Gasteiger partial charge in [0.1, 0.15) is 5.69 Å². The summed E-state index contributed by atoms with van der Waals surface area (Å²) < 4.78 is 27.6. The molecule has 1 aromatic heterocycles. The van der Waals surface area contributed by atoms with Gasteiger partial charge in [0.15, 0.2) is 0 Å². The van der Waals surface area contributed by atoms with Crippen molar-refractivity contribution >= 4 is 27.3 Å². The van der Waals surface area contributed by atoms with Gasteiger partial charge in [-0.3, -0.25) is 14.5 Å². The molecule has 6 nitrogen and oxygen atoms in total. The summed E-state index contributed by atoms with van der Waals surface area (Å²) in [6.07, 6.45) is 1.53. The Morgan fingerprint density at radius 1 is 0.923 bits per heavy atom. The van der Waals surface area contributed by atoms with Crippen molar-refractivity contribution < 1.29 is 13.2 Å². The summed E-state index contributed by atoms with van der Waals surface area (Å²) in [5.74, 6) is -0.362. The highest BCUT2D eigenvalue weighted by Gasteiger charge is 2.15. The minimum Gasteiger partial charge on any atom is -0.321 e. The minimum atomic E-state index is -3.71. The van der Waals surface area contributed by atoms with Gasteiger partial charge in [0.05, 0.1) is 10.6 Å². The third-order valence-corrected chi connectivity index (χ3v) is 5.09. The molecule has 0 aliphatic carbocycles. The fourth-order valence-corrected chi connectivity index (χ4v) is 3.43. The molecule has 0 radical (unpaired) electrons. The molecule has 3 rings (SSSR count). The molecule has 7 heteroatoms. The van der Waals surface area contributed by atoms with Gasteiger partial charge in [-0.25, -0.2) is 8.42 Å². The maximum atomic E-state index is 12.5. The molecule has 132 valence electrons. The first kappa shape index (κ1) is 17.6. The summed E-state index contributed by atoms with van der Waals surface area (Å²) in [6, 6.07) is 18.1. The van der Waals surface area contributed by atoms with Crippen LogP contribution < -0.4 is 10.0 Å². The van der Waals surface area contributed by atoms with Crippen LogP contribution in [0.3, 0.4) is 0 Å². The van der Waals surface area contributed by atoms with Crippen molar-refractivity contribution in [1.82, 2.24) is 4.98 Å². The van der Waals surface area contributed by atoms with Crippen LogP contribution in [0.5, 0.6) is 0 Å². The Balaban J connectivity index is 1.74. The Morgan fingerprint density at radius 2 is 1.62 bits per heavy atom. The molecule has 0 saturated heterocycles. The number of amides is 1. The quantitative estimate of drug-likeness (QED) is 0.723. The number of aryl methyl sites for hydroxylation is 1. The molecule has 2 aromatic carbocycles. The van der Waals surface area contributed by atoms with E-state index < -0.39 is 10.0 Å². The lowest BCUT2D eigenvalue weighted by molar-refractivity contribution is 0.102. The molecule has 0 aliphatic rings. The van der Waals surface area contributed by atoms with Crippen LogP contribution in [0.25, 0.3) is 0 Å². The van der Waals surface area contributed by atoms with Crippen LogP contribution in [0.4, 0.5) is 11.4 Å². The van der Waals surface area contributed by atoms with Gasteiger partial charge < -0.3 is 5.32 Å². The number of aromatic nitrogens is 1. The molecule has 1 amide bonds. The minimum absolute atomic E-state index is 0.108. The predicted octanol–water partition coefficient (Wildman–Crippen LogP) is 3.44. The van der Waals surface area contributed by atoms with Crippen molar-refractivity contribution in [2.24, 2.45) is 0 Å². The molecule has 1 heterocycles. The van der Waals surface area contributed by atoms with Gasteiger partial charge in [0.2, 0.25) is 0 Å². The zero-order valence-electron chi connectivity index (χ0n) is 14.0. The summed E-state index contributed by atoms with van der Waals surface area (Å²) in [5.41, 5.74) is 2.12. The molecule has 0 fully saturated rings. The number of hydrogen-bond donors (Lipinski definition) is 2. The number of carbonyl (C=O) groups excluding carboxylic acids is 1. The molecule has 26 heavy (non-hydrogen) atoms. The van der Waals surface area contributed by atoms with Crippen molar-refractivity contribution in [1.29, 1.82) is 0 Å². The van der Waals surface area contributed by atoms with E-state index in [1.807, 2.05) is 19.1 Å². The van der Waals surface area contributed by atoms with Gasteiger partial charge in [0, 0.05) is 11.9 Å². The number of anilines is 2. The SMILES string of the molecule is Cc1ccccc1NS(=O)(=O)c1ccc(NC(=O)c2ccccn2)cc1. The molecule has 0 unspecified atom stereocenters. The molecule has 0 bridgehead atoms. The van der Waals surface area contributed by atoms with Gasteiger partial charge >= 0.3 is 0 Å². The summed E-state index contributed by atoms with van der Waals surface area (Å²) >= 11 is 0. The second-order valence-corrected chi connectivity index (χ2v) is 7.30. The summed E-state index contributed by atoms with van der Waals surface area (Å²) in [4.78, 5) is 16.1. The number of nitrogens with zero attached hydrogens (tertiary/aromatic N) is 1. The Labute approximate surface area is 152 Å². The van der Waals surface area contributed by atoms with Crippen LogP contribution in [0.1, 0.15) is 16.1 Å². The van der Waals surface area contributed by atoms with E-state index in [1.54, 1.807) is 30.3 Å². The predicted molar refractivity (Wildman–Crippen MR) is 101 cm³/mol. The first-order valence-electron chi connectivity index (χ1n) is 7.86. The Kier molecular flexibility index (Phi) is 4.99. The highest BCUT2D eigenvalue weighted by Crippen LogP contribution is 2.20. The van der Waals surface area contributed by atoms with Crippen molar-refractivity contribution in [3.63, 3.8) is 0 Å². The largest absolute Gasteiger partial charge is 0.321 e. The van der Waals surface area contributed by atoms with Crippen LogP contribution in [-0.2, 0) is 10.0 Å². The number of hydrogen-bond acceptors (Lipinski definition) is 4. The number of nitrogens with one attached hydrogen (secondary N) is 2. The Bertz CT molecular complexity index is 1020. The fourth-order valence-electron chi connectivity index (χ4n) is 2.30. The molecule has 0 aliphatic heterocycles. The lowest BCUT2D eigenvalue weighted by atomic mass is 10.2. The van der Waals surface area contributed by atoms with E-state index >= 15 is 0 Å². The highest BCUT2D eigenvalue weighted by atomic mass is 32.2. The maximum absolute atomic E-state index is 12.5. The zero-order valence-corrected chi connectivity index (χ0v) is 14.8. The lowest BCUT2D eigenvalue weighted by Crippen LogP contribution is -2.15. The molecule has 0 spiro atoms. The number of para-hydroxylation sites is 1. The molecule has 0 saturated carbocycles. The highest BCUT2D eigenvalue weighted by molar-refractivity contribution is 7.92. The van der Waals surface area contributed by atoms with Gasteiger partial charge in [-0.1, -0.05) is 24.3 Å². The standard InChI is InChI=1S/C19H17N3O3S/c1-14-6-2-3-7-17(14)22-26(24,25)16-11-9-15(10-12-16)21-19(23)18-8-4-5-13-20-18/h2-13,22H,1H3,(H,21,23). The van der Waals surface area contributed by atoms with Crippen LogP contribution in [0.15, 0.2) is 77.8 Å². The van der Waals surface area contributed by atoms with Crippen molar-refractivity contribution in [2.75, 3.05) is 10.0 Å². The second-order valence-electron chi connectivity index (χ2n) is 5.61. The first-order valence-corrected chi connectivity index (χ1v) is 9.35. The monoisotopic (exact) mass is 367 g/mol. The molecular formula is C19H17N3O3S. The van der Waals surface area contributed by atoms with E-state index in [-0.39, 0.29) is 16.5 Å². The van der Waals surface area contributed by atoms with Gasteiger partial charge in [0.25, 0.3) is 15.9 Å². The van der Waals surface area contributed by atoms with Crippen molar-refractivity contribution in [2.45, 2.75) is 11.8 Å². The van der Waals surface area contributed by atoms with Crippen molar-refractivity contribution in [3.05, 3.63) is 84.2 Å². The van der Waals surface area contributed by atoms with Crippen molar-refractivity contribution in [3.8, 4) is 0 Å². The van der Waals surface area contributed by atoms with E-state index in [2.05, 4.69) is 15.0 Å². The number of benzene rings is 2. The number of carbonyl (C=O) groups is 1. The van der Waals surface area contributed by atoms with E-state index in [1.165, 1.54) is 30.5 Å². The smallest absolute Gasteiger partial charge is 0.274 e. The third kappa shape index (κ3) is 4.07. The summed E-state index contributed by atoms with van der Waals surface area (Å²) in [6.45, 7) is 1.83. The molecule has 3 aromatic rings. The van der Waals surface area contributed by atoms with Crippen LogP contribution in [-0.4, -0.2) is 19.3 Å². The summed E-state index contributed by atoms with van der Waals surface area (Å²) in [5, 5.41) is 2.68. The van der Waals surface area contributed by atoms with Gasteiger partial charge in [-0.05, 0) is 55.0 Å². The normalized spacial score (nSPS) is 11.0. The van der Waals surface area contributed by atoms with Crippen LogP contribution in [0.2, 0.25) is 0 Å². The maximum Gasteiger partial charge on any atom is 0.274 e. The number of sulfonamides is 1. The Hall–Kier alpha value is -3.19. The third-order valence-electron chi connectivity index (χ3n) is 3.71. The van der Waals surface area contributed by atoms with E-state index in [4.69, 9.17) is 0 Å². The average Bonchev–Trinajstić information content (AvgIpc) is 2.65. The molecule has 0 atom stereocenters.